The summed E-state index contributed by atoms with van der Waals surface area (Å²) >= 11 is 12.3. The lowest BCUT2D eigenvalue weighted by Crippen LogP contribution is -2.62. The second kappa shape index (κ2) is 5.74. The number of carbonyl (C=O) groups excluding carboxylic acids is 2. The molecule has 4 nitrogen and oxygen atoms in total. The molecule has 0 atom stereocenters. The molecule has 118 valence electrons. The third-order valence-corrected chi connectivity index (χ3v) is 5.92. The summed E-state index contributed by atoms with van der Waals surface area (Å²) in [6.07, 6.45) is 1.34. The predicted molar refractivity (Wildman–Crippen MR) is 83.9 cm³/mol. The number of alkyl halides is 2. The van der Waals surface area contributed by atoms with Crippen molar-refractivity contribution >= 4 is 35.1 Å². The highest BCUT2D eigenvalue weighted by molar-refractivity contribution is 6.61. The van der Waals surface area contributed by atoms with Gasteiger partial charge in [0.25, 0.3) is 0 Å². The SMILES string of the molecule is O=C(OCc1ccccc1)N1CCC2(CC1)CC(=O)C2(Cl)Cl. The molecule has 1 spiro atoms. The van der Waals surface area contributed by atoms with Crippen molar-refractivity contribution in [1.82, 2.24) is 4.90 Å². The second-order valence-electron chi connectivity index (χ2n) is 5.98. The maximum absolute atomic E-state index is 12.1. The number of piperidine rings is 1. The number of carbonyl (C=O) groups is 2. The van der Waals surface area contributed by atoms with E-state index in [0.717, 1.165) is 5.56 Å². The normalized spacial score (nSPS) is 22.3. The fourth-order valence-electron chi connectivity index (χ4n) is 3.14. The Morgan fingerprint density at radius 1 is 1.18 bits per heavy atom. The topological polar surface area (TPSA) is 46.6 Å². The van der Waals surface area contributed by atoms with Crippen LogP contribution < -0.4 is 0 Å². The van der Waals surface area contributed by atoms with Crippen molar-refractivity contribution in [2.75, 3.05) is 13.1 Å². The highest BCUT2D eigenvalue weighted by Gasteiger charge is 2.64. The molecule has 0 bridgehead atoms. The van der Waals surface area contributed by atoms with Crippen LogP contribution in [0.1, 0.15) is 24.8 Å². The van der Waals surface area contributed by atoms with Crippen LogP contribution in [0.4, 0.5) is 4.79 Å². The van der Waals surface area contributed by atoms with Gasteiger partial charge in [0.05, 0.1) is 0 Å². The first-order valence-corrected chi connectivity index (χ1v) is 8.07. The summed E-state index contributed by atoms with van der Waals surface area (Å²) in [6, 6.07) is 9.55. The molecule has 1 aromatic carbocycles. The number of rotatable bonds is 2. The smallest absolute Gasteiger partial charge is 0.410 e. The van der Waals surface area contributed by atoms with Crippen LogP contribution >= 0.6 is 23.2 Å². The van der Waals surface area contributed by atoms with Crippen molar-refractivity contribution in [3.8, 4) is 0 Å². The van der Waals surface area contributed by atoms with Crippen LogP contribution in [-0.2, 0) is 16.1 Å². The summed E-state index contributed by atoms with van der Waals surface area (Å²) in [5.41, 5.74) is 0.582. The molecule has 22 heavy (non-hydrogen) atoms. The molecule has 2 fully saturated rings. The minimum atomic E-state index is -1.28. The molecular weight excluding hydrogens is 325 g/mol. The molecule has 1 saturated heterocycles. The van der Waals surface area contributed by atoms with Gasteiger partial charge in [-0.1, -0.05) is 53.5 Å². The van der Waals surface area contributed by atoms with Crippen LogP contribution in [-0.4, -0.2) is 34.2 Å². The lowest BCUT2D eigenvalue weighted by Gasteiger charge is -2.54. The fourth-order valence-corrected chi connectivity index (χ4v) is 3.78. The number of likely N-dealkylation sites (tertiary alicyclic amines) is 1. The first-order valence-electron chi connectivity index (χ1n) is 7.31. The minimum absolute atomic E-state index is 0.115. The summed E-state index contributed by atoms with van der Waals surface area (Å²) in [4.78, 5) is 25.3. The van der Waals surface area contributed by atoms with Crippen molar-refractivity contribution in [2.45, 2.75) is 30.2 Å². The van der Waals surface area contributed by atoms with Crippen molar-refractivity contribution in [2.24, 2.45) is 5.41 Å². The van der Waals surface area contributed by atoms with Gasteiger partial charge in [-0.25, -0.2) is 4.79 Å². The average molecular weight is 342 g/mol. The first-order chi connectivity index (χ1) is 10.4. The fraction of sp³-hybridized carbons (Fsp3) is 0.500. The Balaban J connectivity index is 1.51. The zero-order chi connectivity index (χ0) is 15.8. The maximum atomic E-state index is 12.1. The molecule has 1 saturated carbocycles. The number of ketones is 1. The van der Waals surface area contributed by atoms with E-state index < -0.39 is 4.33 Å². The van der Waals surface area contributed by atoms with E-state index in [1.54, 1.807) is 4.90 Å². The molecule has 2 aliphatic rings. The predicted octanol–water partition coefficient (Wildman–Crippen LogP) is 3.55. The number of nitrogens with zero attached hydrogens (tertiary/aromatic N) is 1. The highest BCUT2D eigenvalue weighted by Crippen LogP contribution is 2.59. The Morgan fingerprint density at radius 3 is 2.36 bits per heavy atom. The average Bonchev–Trinajstić information content (AvgIpc) is 2.54. The van der Waals surface area contributed by atoms with Crippen molar-refractivity contribution in [3.05, 3.63) is 35.9 Å². The first kappa shape index (κ1) is 15.6. The molecule has 1 amide bonds. The van der Waals surface area contributed by atoms with Crippen LogP contribution in [0.25, 0.3) is 0 Å². The minimum Gasteiger partial charge on any atom is -0.445 e. The van der Waals surface area contributed by atoms with E-state index in [1.165, 1.54) is 0 Å². The van der Waals surface area contributed by atoms with Gasteiger partial charge in [-0.05, 0) is 18.4 Å². The van der Waals surface area contributed by atoms with Crippen LogP contribution in [0, 0.1) is 5.41 Å². The van der Waals surface area contributed by atoms with E-state index in [9.17, 15) is 9.59 Å². The maximum Gasteiger partial charge on any atom is 0.410 e. The van der Waals surface area contributed by atoms with E-state index in [-0.39, 0.29) is 23.9 Å². The molecule has 0 N–H and O–H groups in total. The standard InChI is InChI=1S/C16H17Cl2NO3/c17-16(18)13(20)10-15(16)6-8-19(9-7-15)14(21)22-11-12-4-2-1-3-5-12/h1-5H,6-11H2. The molecule has 1 heterocycles. The number of amides is 1. The molecule has 1 aliphatic heterocycles. The number of ether oxygens (including phenoxy) is 1. The zero-order valence-corrected chi connectivity index (χ0v) is 13.6. The van der Waals surface area contributed by atoms with Gasteiger partial charge in [-0.15, -0.1) is 0 Å². The Labute approximate surface area is 139 Å². The van der Waals surface area contributed by atoms with Crippen molar-refractivity contribution in [1.29, 1.82) is 0 Å². The highest BCUT2D eigenvalue weighted by atomic mass is 35.5. The molecule has 0 unspecified atom stereocenters. The van der Waals surface area contributed by atoms with Gasteiger partial charge in [0.2, 0.25) is 0 Å². The van der Waals surface area contributed by atoms with Gasteiger partial charge < -0.3 is 9.64 Å². The Morgan fingerprint density at radius 2 is 1.82 bits per heavy atom. The molecule has 0 radical (unpaired) electrons. The summed E-state index contributed by atoms with van der Waals surface area (Å²) < 4.78 is 4.03. The zero-order valence-electron chi connectivity index (χ0n) is 12.1. The van der Waals surface area contributed by atoms with Gasteiger partial charge in [-0.2, -0.15) is 0 Å². The Hall–Kier alpha value is -1.26. The van der Waals surface area contributed by atoms with Crippen LogP contribution in [0.2, 0.25) is 0 Å². The van der Waals surface area contributed by atoms with Gasteiger partial charge in [-0.3, -0.25) is 4.79 Å². The quantitative estimate of drug-likeness (QED) is 0.772. The summed E-state index contributed by atoms with van der Waals surface area (Å²) in [5.74, 6) is -0.115. The number of Topliss-reactive ketones (excluding diaryl/α,β-unsaturated/α-hetero) is 1. The van der Waals surface area contributed by atoms with Gasteiger partial charge >= 0.3 is 6.09 Å². The summed E-state index contributed by atoms with van der Waals surface area (Å²) in [5, 5.41) is 0. The van der Waals surface area contributed by atoms with Crippen LogP contribution in [0.3, 0.4) is 0 Å². The number of hydrogen-bond donors (Lipinski definition) is 0. The molecule has 1 aliphatic carbocycles. The van der Waals surface area contributed by atoms with E-state index in [2.05, 4.69) is 0 Å². The Kier molecular flexibility index (Phi) is 4.08. The third kappa shape index (κ3) is 2.59. The van der Waals surface area contributed by atoms with Gasteiger partial charge in [0.1, 0.15) is 6.61 Å². The van der Waals surface area contributed by atoms with Crippen LogP contribution in [0.5, 0.6) is 0 Å². The molecule has 1 aromatic rings. The summed E-state index contributed by atoms with van der Waals surface area (Å²) in [7, 11) is 0. The monoisotopic (exact) mass is 341 g/mol. The Bertz CT molecular complexity index is 580. The van der Waals surface area contributed by atoms with Crippen molar-refractivity contribution in [3.63, 3.8) is 0 Å². The summed E-state index contributed by atoms with van der Waals surface area (Å²) in [6.45, 7) is 1.29. The largest absolute Gasteiger partial charge is 0.445 e. The molecular formula is C16H17Cl2NO3. The van der Waals surface area contributed by atoms with Gasteiger partial charge in [0.15, 0.2) is 10.1 Å². The number of halogens is 2. The van der Waals surface area contributed by atoms with E-state index in [1.807, 2.05) is 30.3 Å². The van der Waals surface area contributed by atoms with Crippen LogP contribution in [0.15, 0.2) is 30.3 Å². The van der Waals surface area contributed by atoms with E-state index in [0.29, 0.717) is 32.4 Å². The lowest BCUT2D eigenvalue weighted by atomic mass is 9.61. The van der Waals surface area contributed by atoms with E-state index in [4.69, 9.17) is 27.9 Å². The number of benzene rings is 1. The third-order valence-electron chi connectivity index (χ3n) is 4.70. The molecule has 3 rings (SSSR count). The van der Waals surface area contributed by atoms with Crippen molar-refractivity contribution < 1.29 is 14.3 Å². The van der Waals surface area contributed by atoms with Gasteiger partial charge in [0, 0.05) is 24.9 Å². The number of hydrogen-bond acceptors (Lipinski definition) is 3. The second-order valence-corrected chi connectivity index (χ2v) is 7.31. The molecule has 0 aromatic heterocycles. The molecule has 6 heteroatoms. The van der Waals surface area contributed by atoms with E-state index >= 15 is 0 Å². The lowest BCUT2D eigenvalue weighted by molar-refractivity contribution is -0.137.